The van der Waals surface area contributed by atoms with Crippen LogP contribution >= 0.6 is 0 Å². The van der Waals surface area contributed by atoms with Crippen molar-refractivity contribution in [1.82, 2.24) is 9.80 Å². The molecule has 23 heavy (non-hydrogen) atoms. The van der Waals surface area contributed by atoms with Crippen molar-refractivity contribution in [3.8, 4) is 0 Å². The quantitative estimate of drug-likeness (QED) is 0.835. The first-order valence-electron chi connectivity index (χ1n) is 8.62. The fourth-order valence-electron chi connectivity index (χ4n) is 3.61. The second-order valence-corrected chi connectivity index (χ2v) is 6.26. The van der Waals surface area contributed by atoms with Crippen LogP contribution in [0.4, 0.5) is 11.4 Å². The van der Waals surface area contributed by atoms with Crippen LogP contribution in [0.3, 0.4) is 0 Å². The van der Waals surface area contributed by atoms with Crippen LogP contribution in [0.5, 0.6) is 0 Å². The Labute approximate surface area is 140 Å². The number of hydrogen-bond donors (Lipinski definition) is 0. The van der Waals surface area contributed by atoms with Crippen LogP contribution in [0.2, 0.25) is 0 Å². The van der Waals surface area contributed by atoms with Gasteiger partial charge in [0.25, 0.3) is 0 Å². The molecule has 0 amide bonds. The summed E-state index contributed by atoms with van der Waals surface area (Å²) in [5, 5.41) is 0. The first-order chi connectivity index (χ1) is 11.1. The van der Waals surface area contributed by atoms with E-state index in [2.05, 4.69) is 97.2 Å². The highest BCUT2D eigenvalue weighted by Crippen LogP contribution is 2.35. The van der Waals surface area contributed by atoms with E-state index in [1.54, 1.807) is 0 Å². The largest absolute Gasteiger partial charge is 0.356 e. The fraction of sp³-hybridized carbons (Fsp3) is 0.474. The van der Waals surface area contributed by atoms with E-state index >= 15 is 0 Å². The molecule has 0 fully saturated rings. The van der Waals surface area contributed by atoms with Gasteiger partial charge in [-0.2, -0.15) is 0 Å². The summed E-state index contributed by atoms with van der Waals surface area (Å²) in [6.07, 6.45) is 9.51. The molecular weight excluding hydrogens is 284 g/mol. The van der Waals surface area contributed by atoms with Crippen molar-refractivity contribution >= 4 is 11.4 Å². The van der Waals surface area contributed by atoms with Gasteiger partial charge in [0.2, 0.25) is 0 Å². The number of nitrogens with zero attached hydrogens (tertiary/aromatic N) is 4. The Morgan fingerprint density at radius 1 is 0.783 bits per heavy atom. The Morgan fingerprint density at radius 3 is 1.57 bits per heavy atom. The molecule has 0 unspecified atom stereocenters. The Balaban J connectivity index is 1.91. The van der Waals surface area contributed by atoms with Gasteiger partial charge in [0.05, 0.1) is 0 Å². The monoisotopic (exact) mass is 312 g/mol. The van der Waals surface area contributed by atoms with Gasteiger partial charge in [0.1, 0.15) is 12.3 Å². The van der Waals surface area contributed by atoms with E-state index < -0.39 is 0 Å². The summed E-state index contributed by atoms with van der Waals surface area (Å²) in [7, 11) is 0. The van der Waals surface area contributed by atoms with Crippen LogP contribution in [0.25, 0.3) is 0 Å². The molecule has 2 heterocycles. The predicted molar refractivity (Wildman–Crippen MR) is 98.1 cm³/mol. The van der Waals surface area contributed by atoms with Gasteiger partial charge in [-0.25, -0.2) is 0 Å². The van der Waals surface area contributed by atoms with E-state index in [1.807, 2.05) is 0 Å². The second kappa shape index (κ2) is 6.19. The maximum absolute atomic E-state index is 2.37. The summed E-state index contributed by atoms with van der Waals surface area (Å²) in [5.41, 5.74) is 3.91. The summed E-state index contributed by atoms with van der Waals surface area (Å²) in [6, 6.07) is 6.61. The molecule has 1 aromatic carbocycles. The van der Waals surface area contributed by atoms with Gasteiger partial charge >= 0.3 is 0 Å². The molecular formula is C19H28N4. The summed E-state index contributed by atoms with van der Waals surface area (Å²) >= 11 is 0. The fourth-order valence-corrected chi connectivity index (χ4v) is 3.61. The maximum atomic E-state index is 2.37. The van der Waals surface area contributed by atoms with Crippen LogP contribution in [0.1, 0.15) is 33.3 Å². The van der Waals surface area contributed by atoms with E-state index in [9.17, 15) is 0 Å². The minimum atomic E-state index is 0.368. The van der Waals surface area contributed by atoms with Gasteiger partial charge in [-0.3, -0.25) is 0 Å². The van der Waals surface area contributed by atoms with Crippen molar-refractivity contribution in [3.05, 3.63) is 48.6 Å². The standard InChI is InChI=1S/C19H28N4/c1-6-20-11-13-22(16(20)4)18-9-8-10-19(15(18)3)23-14-12-21(7-2)17(23)5/h8-14,16-17H,6-7H2,1-5H3/t16-,17+. The van der Waals surface area contributed by atoms with Gasteiger partial charge in [-0.1, -0.05) is 6.07 Å². The summed E-state index contributed by atoms with van der Waals surface area (Å²) in [6.45, 7) is 13.2. The highest BCUT2D eigenvalue weighted by atomic mass is 15.4. The number of benzene rings is 1. The molecule has 2 aliphatic heterocycles. The molecule has 0 spiro atoms. The molecule has 2 aliphatic rings. The third-order valence-electron chi connectivity index (χ3n) is 5.17. The first kappa shape index (κ1) is 15.8. The highest BCUT2D eigenvalue weighted by Gasteiger charge is 2.27. The van der Waals surface area contributed by atoms with Crippen LogP contribution in [0.15, 0.2) is 43.0 Å². The molecule has 0 N–H and O–H groups in total. The summed E-state index contributed by atoms with van der Waals surface area (Å²) in [5.74, 6) is 0. The van der Waals surface area contributed by atoms with Crippen LogP contribution < -0.4 is 9.80 Å². The second-order valence-electron chi connectivity index (χ2n) is 6.26. The van der Waals surface area contributed by atoms with Gasteiger partial charge in [0.15, 0.2) is 0 Å². The minimum absolute atomic E-state index is 0.368. The maximum Gasteiger partial charge on any atom is 0.102 e. The predicted octanol–water partition coefficient (Wildman–Crippen LogP) is 3.91. The van der Waals surface area contributed by atoms with Gasteiger partial charge in [0, 0.05) is 49.3 Å². The molecule has 4 heteroatoms. The Hall–Kier alpha value is -2.10. The smallest absolute Gasteiger partial charge is 0.102 e. The van der Waals surface area contributed by atoms with Crippen molar-refractivity contribution < 1.29 is 0 Å². The zero-order valence-corrected chi connectivity index (χ0v) is 14.9. The van der Waals surface area contributed by atoms with Crippen LogP contribution in [-0.2, 0) is 0 Å². The van der Waals surface area contributed by atoms with Crippen molar-refractivity contribution in [2.24, 2.45) is 0 Å². The number of anilines is 2. The van der Waals surface area contributed by atoms with Crippen molar-refractivity contribution in [2.75, 3.05) is 22.9 Å². The SMILES string of the molecule is CCN1C=CN(c2cccc(N3C=CN(CC)[C@@H]3C)c2C)[C@@H]1C. The van der Waals surface area contributed by atoms with Gasteiger partial charge in [-0.05, 0) is 52.3 Å². The normalized spacial score (nSPS) is 23.5. The van der Waals surface area contributed by atoms with E-state index in [0.717, 1.165) is 13.1 Å². The number of rotatable bonds is 4. The average molecular weight is 312 g/mol. The van der Waals surface area contributed by atoms with Crippen molar-refractivity contribution in [2.45, 2.75) is 47.0 Å². The molecule has 0 aromatic heterocycles. The first-order valence-corrected chi connectivity index (χ1v) is 8.62. The molecule has 3 rings (SSSR count). The van der Waals surface area contributed by atoms with Crippen LogP contribution in [-0.4, -0.2) is 35.2 Å². The zero-order valence-electron chi connectivity index (χ0n) is 14.9. The summed E-state index contributed by atoms with van der Waals surface area (Å²) < 4.78 is 0. The molecule has 0 aliphatic carbocycles. The number of hydrogen-bond acceptors (Lipinski definition) is 4. The molecule has 2 atom stereocenters. The van der Waals surface area contributed by atoms with Gasteiger partial charge < -0.3 is 19.6 Å². The molecule has 0 bridgehead atoms. The zero-order chi connectivity index (χ0) is 16.6. The molecule has 1 aromatic rings. The Bertz CT molecular complexity index is 572. The third kappa shape index (κ3) is 2.56. The van der Waals surface area contributed by atoms with Crippen molar-refractivity contribution in [3.63, 3.8) is 0 Å². The molecule has 124 valence electrons. The molecule has 0 saturated carbocycles. The molecule has 0 radical (unpaired) electrons. The Morgan fingerprint density at radius 2 is 1.22 bits per heavy atom. The summed E-state index contributed by atoms with van der Waals surface area (Å²) in [4.78, 5) is 9.43. The van der Waals surface area contributed by atoms with Crippen LogP contribution in [0, 0.1) is 6.92 Å². The van der Waals surface area contributed by atoms with Gasteiger partial charge in [-0.15, -0.1) is 0 Å². The average Bonchev–Trinajstić information content (AvgIpc) is 3.10. The van der Waals surface area contributed by atoms with E-state index in [4.69, 9.17) is 0 Å². The lowest BCUT2D eigenvalue weighted by Gasteiger charge is -2.33. The lowest BCUT2D eigenvalue weighted by Crippen LogP contribution is -2.37. The van der Waals surface area contributed by atoms with E-state index in [0.29, 0.717) is 12.3 Å². The Kier molecular flexibility index (Phi) is 4.24. The van der Waals surface area contributed by atoms with Crippen molar-refractivity contribution in [1.29, 1.82) is 0 Å². The lowest BCUT2D eigenvalue weighted by atomic mass is 10.1. The highest BCUT2D eigenvalue weighted by molar-refractivity contribution is 5.70. The minimum Gasteiger partial charge on any atom is -0.356 e. The van der Waals surface area contributed by atoms with E-state index in [-0.39, 0.29) is 0 Å². The van der Waals surface area contributed by atoms with E-state index in [1.165, 1.54) is 16.9 Å². The molecule has 4 nitrogen and oxygen atoms in total. The lowest BCUT2D eigenvalue weighted by molar-refractivity contribution is 0.333. The molecule has 0 saturated heterocycles. The third-order valence-corrected chi connectivity index (χ3v) is 5.17. The topological polar surface area (TPSA) is 13.0 Å².